The summed E-state index contributed by atoms with van der Waals surface area (Å²) in [5.41, 5.74) is -0.912. The summed E-state index contributed by atoms with van der Waals surface area (Å²) in [4.78, 5) is 9.86. The molecule has 0 saturated heterocycles. The highest BCUT2D eigenvalue weighted by atomic mass is 35.5. The third-order valence-corrected chi connectivity index (χ3v) is 2.41. The predicted octanol–water partition coefficient (Wildman–Crippen LogP) is 4.69. The van der Waals surface area contributed by atoms with Crippen LogP contribution in [0.4, 0.5) is 5.69 Å². The number of nitro benzene ring substituents is 1. The van der Waals surface area contributed by atoms with Crippen LogP contribution in [0.15, 0.2) is 42.4 Å². The number of hydrogen-bond donors (Lipinski definition) is 0. The molecular weight excluding hydrogens is 277 g/mol. The van der Waals surface area contributed by atoms with E-state index in [9.17, 15) is 10.1 Å². The normalized spacial score (nSPS) is 13.2. The summed E-state index contributed by atoms with van der Waals surface area (Å²) >= 11 is 11.7. The minimum Gasteiger partial charge on any atom is -0.456 e. The standard InChI is InChI=1S/C12H7Cl2NO3/c13-8-1-6-12(11(14)7-8)18-10-4-2-9(3-5-10)15(16)17/h1-7H/i2D,3D,4D,5D. The fraction of sp³-hybridized carbons (Fsp3) is 0. The van der Waals surface area contributed by atoms with Gasteiger partial charge in [-0.15, -0.1) is 0 Å². The molecule has 0 radical (unpaired) electrons. The molecule has 6 heteroatoms. The Morgan fingerprint density at radius 2 is 1.89 bits per heavy atom. The molecule has 0 heterocycles. The van der Waals surface area contributed by atoms with Gasteiger partial charge in [0.25, 0.3) is 5.69 Å². The van der Waals surface area contributed by atoms with E-state index in [1.807, 2.05) is 0 Å². The highest BCUT2D eigenvalue weighted by molar-refractivity contribution is 6.35. The molecule has 0 bridgehead atoms. The van der Waals surface area contributed by atoms with Crippen LogP contribution in [0.5, 0.6) is 11.5 Å². The van der Waals surface area contributed by atoms with E-state index in [0.717, 1.165) is 0 Å². The molecule has 4 nitrogen and oxygen atoms in total. The van der Waals surface area contributed by atoms with E-state index in [1.165, 1.54) is 18.2 Å². The molecule has 92 valence electrons. The second-order valence-electron chi connectivity index (χ2n) is 3.11. The molecule has 2 aromatic carbocycles. The largest absolute Gasteiger partial charge is 0.456 e. The van der Waals surface area contributed by atoms with Gasteiger partial charge < -0.3 is 4.74 Å². The molecule has 0 saturated carbocycles. The van der Waals surface area contributed by atoms with Crippen LogP contribution in [0, 0.1) is 10.1 Å². The molecular formula is C12H7Cl2NO3. The van der Waals surface area contributed by atoms with Gasteiger partial charge in [-0.2, -0.15) is 0 Å². The number of halogens is 2. The van der Waals surface area contributed by atoms with Crippen molar-refractivity contribution in [3.05, 3.63) is 62.5 Å². The van der Waals surface area contributed by atoms with Crippen LogP contribution in [0.25, 0.3) is 0 Å². The first-order valence-corrected chi connectivity index (χ1v) is 5.37. The highest BCUT2D eigenvalue weighted by Crippen LogP contribution is 2.32. The van der Waals surface area contributed by atoms with E-state index in [0.29, 0.717) is 5.02 Å². The lowest BCUT2D eigenvalue weighted by Gasteiger charge is -2.07. The summed E-state index contributed by atoms with van der Waals surface area (Å²) in [7, 11) is 0. The number of ether oxygens (including phenoxy) is 1. The maximum atomic E-state index is 10.8. The Hall–Kier alpha value is -1.78. The summed E-state index contributed by atoms with van der Waals surface area (Å²) < 4.78 is 36.0. The Morgan fingerprint density at radius 1 is 1.22 bits per heavy atom. The molecule has 0 N–H and O–H groups in total. The van der Waals surface area contributed by atoms with Crippen LogP contribution in [-0.2, 0) is 0 Å². The molecule has 2 aromatic rings. The van der Waals surface area contributed by atoms with Gasteiger partial charge in [0.15, 0.2) is 0 Å². The molecule has 0 spiro atoms. The van der Waals surface area contributed by atoms with Crippen LogP contribution >= 0.6 is 23.2 Å². The number of nitro groups is 1. The predicted molar refractivity (Wildman–Crippen MR) is 69.6 cm³/mol. The van der Waals surface area contributed by atoms with Crippen LogP contribution in [0.3, 0.4) is 0 Å². The zero-order chi connectivity index (χ0) is 16.6. The molecule has 0 unspecified atom stereocenters. The SMILES string of the molecule is [2H]c1c([2H])c([N+](=O)[O-])c([2H])c([2H])c1Oc1ccc(Cl)cc1Cl. The van der Waals surface area contributed by atoms with Crippen LogP contribution < -0.4 is 4.74 Å². The van der Waals surface area contributed by atoms with Crippen molar-refractivity contribution in [3.63, 3.8) is 0 Å². The van der Waals surface area contributed by atoms with Gasteiger partial charge >= 0.3 is 0 Å². The van der Waals surface area contributed by atoms with Gasteiger partial charge in [-0.25, -0.2) is 0 Å². The first kappa shape index (κ1) is 8.34. The van der Waals surface area contributed by atoms with Crippen LogP contribution in [0.1, 0.15) is 5.48 Å². The lowest BCUT2D eigenvalue weighted by atomic mass is 10.3. The Balaban J connectivity index is 2.59. The summed E-state index contributed by atoms with van der Waals surface area (Å²) in [6.07, 6.45) is 0. The van der Waals surface area contributed by atoms with Crippen molar-refractivity contribution >= 4 is 28.9 Å². The first-order valence-electron chi connectivity index (χ1n) is 6.61. The third kappa shape index (κ3) is 2.91. The number of nitrogens with zero attached hydrogens (tertiary/aromatic N) is 1. The fourth-order valence-electron chi connectivity index (χ4n) is 1.10. The summed E-state index contributed by atoms with van der Waals surface area (Å²) in [5, 5.41) is 11.3. The average Bonchev–Trinajstić information content (AvgIpc) is 2.43. The van der Waals surface area contributed by atoms with Crippen molar-refractivity contribution in [2.45, 2.75) is 0 Å². The second kappa shape index (κ2) is 5.25. The molecule has 2 rings (SSSR count). The van der Waals surface area contributed by atoms with Crippen LogP contribution in [0.2, 0.25) is 10.0 Å². The van der Waals surface area contributed by atoms with Crippen molar-refractivity contribution in [1.82, 2.24) is 0 Å². The Labute approximate surface area is 118 Å². The van der Waals surface area contributed by atoms with E-state index in [4.69, 9.17) is 33.4 Å². The first-order chi connectivity index (χ1) is 10.2. The molecule has 0 aromatic heterocycles. The van der Waals surface area contributed by atoms with Gasteiger partial charge in [0, 0.05) is 17.1 Å². The van der Waals surface area contributed by atoms with Crippen molar-refractivity contribution in [2.24, 2.45) is 0 Å². The maximum absolute atomic E-state index is 10.8. The quantitative estimate of drug-likeness (QED) is 0.608. The zero-order valence-corrected chi connectivity index (χ0v) is 10.2. The highest BCUT2D eigenvalue weighted by Gasteiger charge is 2.07. The Kier molecular flexibility index (Phi) is 2.43. The second-order valence-corrected chi connectivity index (χ2v) is 3.96. The molecule has 0 atom stereocenters. The van der Waals surface area contributed by atoms with Gasteiger partial charge in [0.05, 0.1) is 15.4 Å². The van der Waals surface area contributed by atoms with E-state index >= 15 is 0 Å². The van der Waals surface area contributed by atoms with E-state index < -0.39 is 40.5 Å². The van der Waals surface area contributed by atoms with Gasteiger partial charge in [-0.3, -0.25) is 10.1 Å². The lowest BCUT2D eigenvalue weighted by Crippen LogP contribution is -1.88. The van der Waals surface area contributed by atoms with Crippen molar-refractivity contribution in [3.8, 4) is 11.5 Å². The summed E-state index contributed by atoms with van der Waals surface area (Å²) in [6, 6.07) is 1.29. The van der Waals surface area contributed by atoms with Crippen molar-refractivity contribution < 1.29 is 15.1 Å². The monoisotopic (exact) mass is 287 g/mol. The van der Waals surface area contributed by atoms with Crippen molar-refractivity contribution in [2.75, 3.05) is 0 Å². The molecule has 0 amide bonds. The number of hydrogen-bond acceptors (Lipinski definition) is 3. The van der Waals surface area contributed by atoms with Gasteiger partial charge in [-0.1, -0.05) is 23.2 Å². The van der Waals surface area contributed by atoms with Gasteiger partial charge in [0.1, 0.15) is 11.5 Å². The summed E-state index contributed by atoms with van der Waals surface area (Å²) in [5.74, 6) is -0.398. The average molecular weight is 288 g/mol. The Morgan fingerprint density at radius 3 is 2.44 bits per heavy atom. The molecule has 0 fully saturated rings. The molecule has 0 aliphatic heterocycles. The topological polar surface area (TPSA) is 52.4 Å². The number of benzene rings is 2. The molecule has 0 aliphatic carbocycles. The molecule has 0 aliphatic rings. The van der Waals surface area contributed by atoms with Crippen molar-refractivity contribution in [1.29, 1.82) is 0 Å². The fourth-order valence-corrected chi connectivity index (χ4v) is 1.55. The zero-order valence-electron chi connectivity index (χ0n) is 12.7. The smallest absolute Gasteiger partial charge is 0.269 e. The maximum Gasteiger partial charge on any atom is 0.269 e. The van der Waals surface area contributed by atoms with Gasteiger partial charge in [0.2, 0.25) is 0 Å². The third-order valence-electron chi connectivity index (χ3n) is 1.88. The number of rotatable bonds is 3. The van der Waals surface area contributed by atoms with E-state index in [-0.39, 0.29) is 10.8 Å². The van der Waals surface area contributed by atoms with Gasteiger partial charge in [-0.05, 0) is 30.3 Å². The summed E-state index contributed by atoms with van der Waals surface area (Å²) in [6.45, 7) is 0. The Bertz CT molecular complexity index is 756. The minimum absolute atomic E-state index is 0.0562. The van der Waals surface area contributed by atoms with E-state index in [1.54, 1.807) is 0 Å². The lowest BCUT2D eigenvalue weighted by molar-refractivity contribution is -0.384. The minimum atomic E-state index is -0.972. The van der Waals surface area contributed by atoms with Crippen LogP contribution in [-0.4, -0.2) is 4.92 Å². The molecule has 18 heavy (non-hydrogen) atoms. The van der Waals surface area contributed by atoms with E-state index in [2.05, 4.69) is 0 Å².